The summed E-state index contributed by atoms with van der Waals surface area (Å²) >= 11 is 7.87. The van der Waals surface area contributed by atoms with Gasteiger partial charge in [-0.05, 0) is 40.2 Å². The molecule has 0 spiro atoms. The van der Waals surface area contributed by atoms with Crippen LogP contribution in [0.15, 0.2) is 6.07 Å². The number of carbonyl (C=O) groups is 1. The van der Waals surface area contributed by atoms with Crippen LogP contribution in [0.3, 0.4) is 0 Å². The molecule has 1 aliphatic heterocycles. The van der Waals surface area contributed by atoms with Crippen LogP contribution in [0.2, 0.25) is 5.02 Å². The number of aryl methyl sites for hydroxylation is 1. The van der Waals surface area contributed by atoms with Crippen LogP contribution in [0.1, 0.15) is 32.2 Å². The third kappa shape index (κ3) is 3.93. The van der Waals surface area contributed by atoms with Crippen molar-refractivity contribution < 1.29 is 9.53 Å². The summed E-state index contributed by atoms with van der Waals surface area (Å²) in [7, 11) is 0. The number of benzene rings is 1. The molecule has 2 heterocycles. The summed E-state index contributed by atoms with van der Waals surface area (Å²) in [6.45, 7) is 8.96. The van der Waals surface area contributed by atoms with Crippen LogP contribution in [-0.4, -0.2) is 35.8 Å². The third-order valence-corrected chi connectivity index (χ3v) is 5.37. The van der Waals surface area contributed by atoms with Gasteiger partial charge in [0.15, 0.2) is 0 Å². The molecule has 136 valence electrons. The molecule has 1 atom stereocenters. The maximum Gasteiger partial charge on any atom is 0.407 e. The van der Waals surface area contributed by atoms with Crippen LogP contribution in [0.5, 0.6) is 0 Å². The van der Waals surface area contributed by atoms with Crippen molar-refractivity contribution in [2.75, 3.05) is 23.7 Å². The number of nitrogens with zero attached hydrogens (tertiary/aromatic N) is 2. The molecule has 25 heavy (non-hydrogen) atoms. The molecule has 2 aromatic rings. The first-order valence-corrected chi connectivity index (χ1v) is 9.43. The Hall–Kier alpha value is -1.73. The zero-order valence-electron chi connectivity index (χ0n) is 14.9. The molecule has 3 rings (SSSR count). The lowest BCUT2D eigenvalue weighted by Gasteiger charge is -2.23. The standard InChI is InChI=1S/C17H23ClN4O2S/c1-9-20-13-14(12(19)7-11(18)15(13)25-9)22-6-5-10(8-22)21-16(23)24-17(2,3)4/h7,10H,5-6,8,19H2,1-4H3,(H,21,23). The number of nitrogens with two attached hydrogens (primary N) is 1. The number of aromatic nitrogens is 1. The van der Waals surface area contributed by atoms with Gasteiger partial charge in [0.2, 0.25) is 0 Å². The number of ether oxygens (including phenoxy) is 1. The number of carbonyl (C=O) groups excluding carboxylic acids is 1. The number of alkyl carbamates (subject to hydrolysis) is 1. The van der Waals surface area contributed by atoms with Crippen LogP contribution >= 0.6 is 22.9 Å². The highest BCUT2D eigenvalue weighted by Gasteiger charge is 2.29. The molecule has 0 saturated carbocycles. The molecular formula is C17H23ClN4O2S. The van der Waals surface area contributed by atoms with E-state index in [1.807, 2.05) is 27.7 Å². The van der Waals surface area contributed by atoms with E-state index in [-0.39, 0.29) is 6.04 Å². The summed E-state index contributed by atoms with van der Waals surface area (Å²) in [5, 5.41) is 4.51. The van der Waals surface area contributed by atoms with E-state index in [2.05, 4.69) is 15.2 Å². The fourth-order valence-corrected chi connectivity index (χ4v) is 4.19. The van der Waals surface area contributed by atoms with E-state index in [0.29, 0.717) is 17.3 Å². The van der Waals surface area contributed by atoms with Gasteiger partial charge in [0.25, 0.3) is 0 Å². The number of amides is 1. The molecule has 0 bridgehead atoms. The van der Waals surface area contributed by atoms with Gasteiger partial charge in [-0.15, -0.1) is 11.3 Å². The van der Waals surface area contributed by atoms with Crippen molar-refractivity contribution in [3.63, 3.8) is 0 Å². The number of hydrogen-bond acceptors (Lipinski definition) is 6. The van der Waals surface area contributed by atoms with Gasteiger partial charge >= 0.3 is 6.09 Å². The Morgan fingerprint density at radius 1 is 1.52 bits per heavy atom. The number of thiazole rings is 1. The van der Waals surface area contributed by atoms with Gasteiger partial charge in [-0.1, -0.05) is 11.6 Å². The number of nitrogen functional groups attached to an aromatic ring is 1. The Morgan fingerprint density at radius 2 is 2.24 bits per heavy atom. The van der Waals surface area contributed by atoms with E-state index in [1.165, 1.54) is 0 Å². The molecule has 8 heteroatoms. The smallest absolute Gasteiger partial charge is 0.407 e. The molecule has 1 aromatic carbocycles. The predicted octanol–water partition coefficient (Wildman–Crippen LogP) is 3.94. The predicted molar refractivity (Wildman–Crippen MR) is 104 cm³/mol. The lowest BCUT2D eigenvalue weighted by molar-refractivity contribution is 0.0509. The Labute approximate surface area is 156 Å². The fraction of sp³-hybridized carbons (Fsp3) is 0.529. The maximum atomic E-state index is 12.0. The summed E-state index contributed by atoms with van der Waals surface area (Å²) in [4.78, 5) is 18.8. The van der Waals surface area contributed by atoms with E-state index in [4.69, 9.17) is 22.1 Å². The van der Waals surface area contributed by atoms with Gasteiger partial charge < -0.3 is 20.7 Å². The molecule has 6 nitrogen and oxygen atoms in total. The molecule has 3 N–H and O–H groups in total. The topological polar surface area (TPSA) is 80.5 Å². The highest BCUT2D eigenvalue weighted by atomic mass is 35.5. The normalized spacial score (nSPS) is 18.0. The van der Waals surface area contributed by atoms with Gasteiger partial charge in [0.05, 0.1) is 32.1 Å². The van der Waals surface area contributed by atoms with Crippen LogP contribution in [0, 0.1) is 6.92 Å². The van der Waals surface area contributed by atoms with Crippen LogP contribution in [-0.2, 0) is 4.74 Å². The van der Waals surface area contributed by atoms with Gasteiger partial charge in [0.1, 0.15) is 11.1 Å². The average molecular weight is 383 g/mol. The molecule has 1 amide bonds. The number of rotatable bonds is 2. The van der Waals surface area contributed by atoms with Crippen molar-refractivity contribution in [2.45, 2.75) is 45.8 Å². The van der Waals surface area contributed by atoms with Gasteiger partial charge in [-0.25, -0.2) is 9.78 Å². The monoisotopic (exact) mass is 382 g/mol. The van der Waals surface area contributed by atoms with Crippen LogP contribution < -0.4 is 16.0 Å². The molecule has 1 fully saturated rings. The molecule has 1 aliphatic rings. The summed E-state index contributed by atoms with van der Waals surface area (Å²) in [6.07, 6.45) is 0.435. The van der Waals surface area contributed by atoms with E-state index in [1.54, 1.807) is 17.4 Å². The fourth-order valence-electron chi connectivity index (χ4n) is 3.04. The zero-order chi connectivity index (χ0) is 18.4. The minimum atomic E-state index is -0.507. The molecule has 1 aromatic heterocycles. The van der Waals surface area contributed by atoms with Crippen LogP contribution in [0.25, 0.3) is 10.2 Å². The second-order valence-electron chi connectivity index (χ2n) is 7.28. The second-order valence-corrected chi connectivity index (χ2v) is 8.90. The summed E-state index contributed by atoms with van der Waals surface area (Å²) in [5.41, 5.74) is 8.08. The number of anilines is 2. The number of hydrogen-bond donors (Lipinski definition) is 2. The minimum Gasteiger partial charge on any atom is -0.444 e. The van der Waals surface area contributed by atoms with Crippen molar-refractivity contribution in [3.8, 4) is 0 Å². The SMILES string of the molecule is Cc1nc2c(N3CCC(NC(=O)OC(C)(C)C)C3)c(N)cc(Cl)c2s1. The highest BCUT2D eigenvalue weighted by molar-refractivity contribution is 7.19. The first kappa shape index (κ1) is 18.1. The van der Waals surface area contributed by atoms with Crippen molar-refractivity contribution in [1.29, 1.82) is 0 Å². The zero-order valence-corrected chi connectivity index (χ0v) is 16.4. The van der Waals surface area contributed by atoms with E-state index >= 15 is 0 Å². The lowest BCUT2D eigenvalue weighted by Crippen LogP contribution is -2.40. The van der Waals surface area contributed by atoms with Gasteiger partial charge in [-0.2, -0.15) is 0 Å². The Morgan fingerprint density at radius 3 is 2.92 bits per heavy atom. The molecule has 0 aliphatic carbocycles. The number of nitrogens with one attached hydrogen (secondary N) is 1. The second kappa shape index (κ2) is 6.53. The summed E-state index contributed by atoms with van der Waals surface area (Å²) in [5.74, 6) is 0. The Bertz CT molecular complexity index is 815. The molecular weight excluding hydrogens is 360 g/mol. The van der Waals surface area contributed by atoms with Crippen molar-refractivity contribution in [3.05, 3.63) is 16.1 Å². The largest absolute Gasteiger partial charge is 0.444 e. The van der Waals surface area contributed by atoms with Gasteiger partial charge in [-0.3, -0.25) is 0 Å². The molecule has 0 radical (unpaired) electrons. The Balaban J connectivity index is 1.79. The summed E-state index contributed by atoms with van der Waals surface area (Å²) < 4.78 is 6.28. The summed E-state index contributed by atoms with van der Waals surface area (Å²) in [6, 6.07) is 1.80. The van der Waals surface area contributed by atoms with E-state index in [9.17, 15) is 4.79 Å². The van der Waals surface area contributed by atoms with Crippen molar-refractivity contribution in [1.82, 2.24) is 10.3 Å². The van der Waals surface area contributed by atoms with E-state index < -0.39 is 11.7 Å². The molecule has 1 saturated heterocycles. The van der Waals surface area contributed by atoms with Crippen molar-refractivity contribution in [2.24, 2.45) is 0 Å². The minimum absolute atomic E-state index is 0.0136. The van der Waals surface area contributed by atoms with E-state index in [0.717, 1.165) is 33.9 Å². The van der Waals surface area contributed by atoms with Gasteiger partial charge in [0, 0.05) is 13.1 Å². The first-order valence-electron chi connectivity index (χ1n) is 8.23. The van der Waals surface area contributed by atoms with Crippen molar-refractivity contribution >= 4 is 50.6 Å². The lowest BCUT2D eigenvalue weighted by atomic mass is 10.2. The third-order valence-electron chi connectivity index (χ3n) is 3.96. The average Bonchev–Trinajstić information content (AvgIpc) is 3.03. The number of fused-ring (bicyclic) bond motifs is 1. The quantitative estimate of drug-likeness (QED) is 0.769. The number of halogens is 1. The molecule has 1 unspecified atom stereocenters. The maximum absolute atomic E-state index is 12.0. The van der Waals surface area contributed by atoms with Crippen LogP contribution in [0.4, 0.5) is 16.2 Å². The highest BCUT2D eigenvalue weighted by Crippen LogP contribution is 2.41. The first-order chi connectivity index (χ1) is 11.6. The Kier molecular flexibility index (Phi) is 4.72.